The van der Waals surface area contributed by atoms with Crippen LogP contribution in [0.2, 0.25) is 0 Å². The largest absolute Gasteiger partial charge is 0.477 e. The predicted molar refractivity (Wildman–Crippen MR) is 357 cm³/mol. The van der Waals surface area contributed by atoms with Gasteiger partial charge >= 0.3 is 0 Å². The lowest BCUT2D eigenvalue weighted by Gasteiger charge is -2.24. The van der Waals surface area contributed by atoms with Crippen molar-refractivity contribution in [1.29, 1.82) is 0 Å². The zero-order valence-electron chi connectivity index (χ0n) is 51.0. The van der Waals surface area contributed by atoms with Crippen LogP contribution in [0.3, 0.4) is 0 Å². The third-order valence-electron chi connectivity index (χ3n) is 18.9. The first-order valence-corrected chi connectivity index (χ1v) is 35.9. The third-order valence-corrected chi connectivity index (χ3v) is 20.7. The molecule has 80 heavy (non-hydrogen) atoms. The van der Waals surface area contributed by atoms with Crippen LogP contribution in [-0.4, -0.2) is 23.2 Å². The van der Waals surface area contributed by atoms with E-state index < -0.39 is 0 Å². The number of benzene rings is 5. The van der Waals surface area contributed by atoms with Gasteiger partial charge in [-0.1, -0.05) is 271 Å². The van der Waals surface area contributed by atoms with Gasteiger partial charge in [-0.3, -0.25) is 0 Å². The van der Waals surface area contributed by atoms with Gasteiger partial charge in [0, 0.05) is 52.5 Å². The van der Waals surface area contributed by atoms with Crippen molar-refractivity contribution in [3.05, 3.63) is 47.2 Å². The summed E-state index contributed by atoms with van der Waals surface area (Å²) < 4.78 is 17.2. The Balaban J connectivity index is 0.994. The highest BCUT2D eigenvalue weighted by atomic mass is 32.1. The van der Waals surface area contributed by atoms with Gasteiger partial charge in [-0.2, -0.15) is 0 Å². The Morgan fingerprint density at radius 2 is 0.588 bits per heavy atom. The molecule has 0 bridgehead atoms. The summed E-state index contributed by atoms with van der Waals surface area (Å²) in [6, 6.07) is 14.1. The number of ether oxygens (including phenoxy) is 2. The molecule has 0 N–H and O–H groups in total. The summed E-state index contributed by atoms with van der Waals surface area (Å²) >= 11 is 3.72. The van der Waals surface area contributed by atoms with E-state index in [0.29, 0.717) is 11.8 Å². The molecule has 0 aliphatic carbocycles. The number of hydrogen-bond donors (Lipinski definition) is 0. The molecule has 0 saturated heterocycles. The molecule has 4 heterocycles. The molecular formula is C74H106N2O2S2. The normalized spacial score (nSPS) is 13.2. The summed E-state index contributed by atoms with van der Waals surface area (Å²) in [7, 11) is 0. The second-order valence-corrected chi connectivity index (χ2v) is 27.1. The minimum atomic E-state index is 0.539. The van der Waals surface area contributed by atoms with Crippen LogP contribution in [0.1, 0.15) is 285 Å². The summed E-state index contributed by atoms with van der Waals surface area (Å²) in [5, 5.41) is 20.1. The van der Waals surface area contributed by atoms with E-state index in [-0.39, 0.29) is 0 Å². The Morgan fingerprint density at radius 1 is 0.300 bits per heavy atom. The smallest absolute Gasteiger partial charge is 0.223 e. The quantitative estimate of drug-likeness (QED) is 0.0217. The maximum atomic E-state index is 7.29. The number of unbranched alkanes of at least 4 members (excludes halogenated alkanes) is 32. The van der Waals surface area contributed by atoms with E-state index in [9.17, 15) is 0 Å². The highest BCUT2D eigenvalue weighted by Gasteiger charge is 2.30. The van der Waals surface area contributed by atoms with Gasteiger partial charge in [0.15, 0.2) is 0 Å². The Kier molecular flexibility index (Phi) is 25.0. The van der Waals surface area contributed by atoms with Crippen LogP contribution in [0.4, 0.5) is 0 Å². The van der Waals surface area contributed by atoms with Gasteiger partial charge in [0.05, 0.1) is 35.0 Å². The molecule has 0 amide bonds. The summed E-state index contributed by atoms with van der Waals surface area (Å²) in [5.74, 6) is 2.74. The lowest BCUT2D eigenvalue weighted by atomic mass is 9.84. The van der Waals surface area contributed by atoms with Crippen molar-refractivity contribution in [3.63, 3.8) is 0 Å². The maximum absolute atomic E-state index is 7.29. The fraction of sp³-hybridized carbons (Fsp3) is 0.649. The van der Waals surface area contributed by atoms with E-state index in [2.05, 4.69) is 74.9 Å². The van der Waals surface area contributed by atoms with E-state index in [1.165, 1.54) is 331 Å². The Bertz CT molecular complexity index is 2920. The molecule has 2 atom stereocenters. The molecule has 2 unspecified atom stereocenters. The Morgan fingerprint density at radius 3 is 0.887 bits per heavy atom. The first kappa shape index (κ1) is 60.8. The average Bonchev–Trinajstić information content (AvgIpc) is 2.92. The highest BCUT2D eigenvalue weighted by molar-refractivity contribution is 7.19. The molecule has 0 aliphatic heterocycles. The molecule has 9 rings (SSSR count). The predicted octanol–water partition coefficient (Wildman–Crippen LogP) is 25.8. The van der Waals surface area contributed by atoms with Crippen molar-refractivity contribution in [2.75, 3.05) is 13.2 Å². The maximum Gasteiger partial charge on any atom is 0.223 e. The standard InChI is InChI=1S/C74H106N2O2S2/c1-5-9-13-17-21-25-27-31-35-39-43-55(41-37-33-29-23-19-15-11-7-3)53-77-73-69-67-63-57(59-49-51-79-71(59)69)46-48-62-66(63)68-64-58(45-47-61(75-73)65(64)67)60-50-52-80-72(60)70(68)74(76-62)78-54-56(42-38-34-30-24-20-16-12-8-4)44-40-36-32-28-26-22-18-14-10-6-2/h45-52,55-56H,5-44,53-54H2,1-4H3. The number of hydrogen-bond acceptors (Lipinski definition) is 6. The summed E-state index contributed by atoms with van der Waals surface area (Å²) in [6.07, 6.45) is 54.3. The lowest BCUT2D eigenvalue weighted by molar-refractivity contribution is 0.220. The SMILES string of the molecule is CCCCCCCCCCCCC(CCCCCCCCCC)COc1nc2ccc3c4ccsc4c4c(OCC(CCCCCCCCCC)CCCCCCCCCCCC)nc5ccc6c7ccsc7c1c1c2c3c4c5c61. The second-order valence-electron chi connectivity index (χ2n) is 25.2. The van der Waals surface area contributed by atoms with Gasteiger partial charge in [-0.15, -0.1) is 22.7 Å². The van der Waals surface area contributed by atoms with E-state index in [0.717, 1.165) is 36.0 Å². The van der Waals surface area contributed by atoms with Gasteiger partial charge in [-0.05, 0) is 83.3 Å². The third kappa shape index (κ3) is 15.5. The summed E-state index contributed by atoms with van der Waals surface area (Å²) in [4.78, 5) is 11.3. The molecule has 9 aromatic rings. The number of thiophene rings is 2. The number of aromatic nitrogens is 2. The van der Waals surface area contributed by atoms with Crippen LogP contribution in [0.25, 0.3) is 85.1 Å². The molecule has 0 spiro atoms. The zero-order chi connectivity index (χ0) is 55.1. The van der Waals surface area contributed by atoms with Crippen molar-refractivity contribution < 1.29 is 9.47 Å². The topological polar surface area (TPSA) is 44.2 Å². The van der Waals surface area contributed by atoms with Gasteiger partial charge < -0.3 is 9.47 Å². The highest BCUT2D eigenvalue weighted by Crippen LogP contribution is 2.56. The fourth-order valence-corrected chi connectivity index (χ4v) is 16.1. The molecule has 6 heteroatoms. The van der Waals surface area contributed by atoms with Crippen LogP contribution in [0.15, 0.2) is 47.2 Å². The minimum Gasteiger partial charge on any atom is -0.477 e. The molecule has 5 aromatic carbocycles. The van der Waals surface area contributed by atoms with Crippen molar-refractivity contribution in [2.45, 2.75) is 285 Å². The van der Waals surface area contributed by atoms with E-state index in [4.69, 9.17) is 19.4 Å². The molecule has 436 valence electrons. The monoisotopic (exact) mass is 1120 g/mol. The number of nitrogens with zero attached hydrogens (tertiary/aromatic N) is 2. The van der Waals surface area contributed by atoms with Crippen molar-refractivity contribution in [2.24, 2.45) is 11.8 Å². The van der Waals surface area contributed by atoms with Gasteiger partial charge in [0.25, 0.3) is 0 Å². The van der Waals surface area contributed by atoms with Gasteiger partial charge in [0.2, 0.25) is 11.8 Å². The molecule has 0 radical (unpaired) electrons. The second kappa shape index (κ2) is 32.9. The Labute approximate surface area is 492 Å². The zero-order valence-corrected chi connectivity index (χ0v) is 52.6. The van der Waals surface area contributed by atoms with Crippen LogP contribution < -0.4 is 9.47 Å². The van der Waals surface area contributed by atoms with E-state index in [1.807, 2.05) is 22.7 Å². The molecule has 0 saturated carbocycles. The lowest BCUT2D eigenvalue weighted by Crippen LogP contribution is -2.14. The summed E-state index contributed by atoms with van der Waals surface area (Å²) in [5.41, 5.74) is 2.09. The number of pyridine rings is 2. The van der Waals surface area contributed by atoms with Crippen LogP contribution in [-0.2, 0) is 0 Å². The van der Waals surface area contributed by atoms with Crippen molar-refractivity contribution in [1.82, 2.24) is 9.97 Å². The van der Waals surface area contributed by atoms with E-state index >= 15 is 0 Å². The van der Waals surface area contributed by atoms with E-state index in [1.54, 1.807) is 0 Å². The average molecular weight is 1120 g/mol. The molecule has 4 nitrogen and oxygen atoms in total. The molecular weight excluding hydrogens is 1010 g/mol. The first-order valence-electron chi connectivity index (χ1n) is 34.1. The summed E-state index contributed by atoms with van der Waals surface area (Å²) in [6.45, 7) is 10.8. The first-order chi connectivity index (χ1) is 39.7. The minimum absolute atomic E-state index is 0.539. The van der Waals surface area contributed by atoms with Crippen LogP contribution >= 0.6 is 22.7 Å². The van der Waals surface area contributed by atoms with Gasteiger partial charge in [0.1, 0.15) is 0 Å². The molecule has 0 fully saturated rings. The van der Waals surface area contributed by atoms with Crippen LogP contribution in [0.5, 0.6) is 11.8 Å². The molecule has 0 aliphatic rings. The number of rotatable bonds is 46. The van der Waals surface area contributed by atoms with Crippen LogP contribution in [0, 0.1) is 11.8 Å². The van der Waals surface area contributed by atoms with Gasteiger partial charge in [-0.25, -0.2) is 9.97 Å². The van der Waals surface area contributed by atoms with Crippen molar-refractivity contribution >= 4 is 108 Å². The Hall–Kier alpha value is -3.74. The fourth-order valence-electron chi connectivity index (χ4n) is 14.2. The number of fused-ring (bicyclic) bond motifs is 6. The van der Waals surface area contributed by atoms with Crippen molar-refractivity contribution in [3.8, 4) is 11.8 Å². The molecule has 4 aromatic heterocycles.